The maximum absolute atomic E-state index is 13.9. The van der Waals surface area contributed by atoms with Gasteiger partial charge in [-0.1, -0.05) is 0 Å². The van der Waals surface area contributed by atoms with Crippen LogP contribution in [0.25, 0.3) is 0 Å². The van der Waals surface area contributed by atoms with E-state index in [1.165, 1.54) is 0 Å². The van der Waals surface area contributed by atoms with Gasteiger partial charge in [0.25, 0.3) is 0 Å². The van der Waals surface area contributed by atoms with E-state index in [4.69, 9.17) is 14.2 Å². The van der Waals surface area contributed by atoms with Crippen LogP contribution < -0.4 is 14.2 Å². The molecule has 15 heteroatoms. The lowest BCUT2D eigenvalue weighted by atomic mass is 10.3. The first-order valence-electron chi connectivity index (χ1n) is 9.23. The van der Waals surface area contributed by atoms with Crippen molar-refractivity contribution >= 4 is 47.8 Å². The minimum Gasteiger partial charge on any atom is -0.424 e. The molecular weight excluding hydrogens is 696 g/mol. The molecule has 0 fully saturated rings. The Balaban J connectivity index is 1.73. The van der Waals surface area contributed by atoms with Crippen molar-refractivity contribution in [3.8, 4) is 35.3 Å². The lowest BCUT2D eigenvalue weighted by molar-refractivity contribution is 0.357. The van der Waals surface area contributed by atoms with E-state index in [0.717, 1.165) is 36.4 Å². The van der Waals surface area contributed by atoms with Crippen LogP contribution >= 0.6 is 47.8 Å². The molecule has 3 aromatic carbocycles. The van der Waals surface area contributed by atoms with E-state index in [0.29, 0.717) is 0 Å². The molecule has 0 radical (unpaired) electrons. The van der Waals surface area contributed by atoms with Crippen LogP contribution in [0, 0.1) is 34.9 Å². The largest absolute Gasteiger partial charge is 0.424 e. The van der Waals surface area contributed by atoms with Gasteiger partial charge in [0.1, 0.15) is 52.2 Å². The van der Waals surface area contributed by atoms with Crippen LogP contribution in [0.15, 0.2) is 49.8 Å². The van der Waals surface area contributed by atoms with Crippen LogP contribution in [-0.2, 0) is 0 Å². The first-order chi connectivity index (χ1) is 17.0. The number of halogens is 9. The molecule has 186 valence electrons. The van der Waals surface area contributed by atoms with Crippen LogP contribution in [0.1, 0.15) is 0 Å². The van der Waals surface area contributed by atoms with Gasteiger partial charge in [0.05, 0.1) is 13.4 Å². The summed E-state index contributed by atoms with van der Waals surface area (Å²) in [5, 5.41) is 0. The third kappa shape index (κ3) is 5.90. The highest BCUT2D eigenvalue weighted by Gasteiger charge is 2.18. The van der Waals surface area contributed by atoms with Crippen LogP contribution in [0.2, 0.25) is 0 Å². The molecule has 0 unspecified atom stereocenters. The number of nitrogens with zero attached hydrogens (tertiary/aromatic N) is 3. The Bertz CT molecular complexity index is 1240. The number of hydrogen-bond donors (Lipinski definition) is 0. The van der Waals surface area contributed by atoms with Crippen molar-refractivity contribution < 1.29 is 40.6 Å². The molecule has 0 amide bonds. The fourth-order valence-electron chi connectivity index (χ4n) is 2.55. The molecule has 0 aliphatic carbocycles. The quantitative estimate of drug-likeness (QED) is 0.149. The summed E-state index contributed by atoms with van der Waals surface area (Å²) in [5.74, 6) is -7.21. The van der Waals surface area contributed by atoms with Gasteiger partial charge in [0, 0.05) is 36.4 Å². The molecule has 0 spiro atoms. The minimum atomic E-state index is -1.01. The second-order valence-corrected chi connectivity index (χ2v) is 8.97. The molecule has 1 aromatic heterocycles. The lowest BCUT2D eigenvalue weighted by Crippen LogP contribution is -2.02. The van der Waals surface area contributed by atoms with Gasteiger partial charge in [-0.3, -0.25) is 0 Å². The highest BCUT2D eigenvalue weighted by Crippen LogP contribution is 2.32. The van der Waals surface area contributed by atoms with Crippen LogP contribution in [0.3, 0.4) is 0 Å². The summed E-state index contributed by atoms with van der Waals surface area (Å²) in [6.07, 6.45) is 0. The van der Waals surface area contributed by atoms with Crippen molar-refractivity contribution in [2.24, 2.45) is 0 Å². The predicted octanol–water partition coefficient (Wildman–Crippen LogP) is 8.37. The first-order valence-corrected chi connectivity index (χ1v) is 11.6. The Hall–Kier alpha value is -2.91. The fourth-order valence-corrected chi connectivity index (χ4v) is 3.23. The highest BCUT2D eigenvalue weighted by atomic mass is 79.9. The summed E-state index contributed by atoms with van der Waals surface area (Å²) in [7, 11) is 0. The minimum absolute atomic E-state index is 0.391. The van der Waals surface area contributed by atoms with E-state index < -0.39 is 83.6 Å². The zero-order chi connectivity index (χ0) is 26.1. The van der Waals surface area contributed by atoms with Gasteiger partial charge in [-0.05, 0) is 47.8 Å². The molecule has 0 aliphatic heterocycles. The normalized spacial score (nSPS) is 10.9. The number of rotatable bonds is 6. The molecule has 0 saturated carbocycles. The smallest absolute Gasteiger partial charge is 0.331 e. The molecule has 4 aromatic rings. The summed E-state index contributed by atoms with van der Waals surface area (Å²) in [5.41, 5.74) is 0. The molecule has 4 rings (SSSR count). The van der Waals surface area contributed by atoms with Gasteiger partial charge in [0.2, 0.25) is 0 Å². The van der Waals surface area contributed by atoms with E-state index in [2.05, 4.69) is 62.7 Å². The average Bonchev–Trinajstić information content (AvgIpc) is 2.79. The number of ether oxygens (including phenoxy) is 3. The Kier molecular flexibility index (Phi) is 7.70. The molecular formula is C21H6Br3F6N3O3. The second-order valence-electron chi connectivity index (χ2n) is 6.59. The van der Waals surface area contributed by atoms with Crippen LogP contribution in [0.4, 0.5) is 26.3 Å². The van der Waals surface area contributed by atoms with Crippen molar-refractivity contribution in [1.82, 2.24) is 15.0 Å². The van der Waals surface area contributed by atoms with Crippen molar-refractivity contribution in [3.05, 3.63) is 84.7 Å². The van der Waals surface area contributed by atoms with Gasteiger partial charge in [0.15, 0.2) is 0 Å². The van der Waals surface area contributed by atoms with Crippen LogP contribution in [0.5, 0.6) is 35.3 Å². The molecule has 0 atom stereocenters. The molecule has 0 bridgehead atoms. The zero-order valence-corrected chi connectivity index (χ0v) is 21.7. The molecule has 0 aliphatic rings. The monoisotopic (exact) mass is 699 g/mol. The zero-order valence-electron chi connectivity index (χ0n) is 16.9. The second kappa shape index (κ2) is 10.6. The maximum atomic E-state index is 13.9. The maximum Gasteiger partial charge on any atom is 0.331 e. The average molecular weight is 702 g/mol. The van der Waals surface area contributed by atoms with Crippen LogP contribution in [-0.4, -0.2) is 15.0 Å². The summed E-state index contributed by atoms with van der Waals surface area (Å²) in [6.45, 7) is 0. The highest BCUT2D eigenvalue weighted by molar-refractivity contribution is 9.11. The standard InChI is InChI=1S/C21H6Br3F6N3O3/c22-16-10(25)1-7(2-11(16)26)34-19-31-20(35-8-3-12(27)17(23)13(28)4-8)33-21(32-19)36-9-5-14(29)18(24)15(30)6-9/h1-6H. The van der Waals surface area contributed by atoms with E-state index in [-0.39, 0.29) is 0 Å². The SMILES string of the molecule is Fc1cc(Oc2nc(Oc3cc(F)c(Br)c(F)c3)nc(Oc3cc(F)c(Br)c(F)c3)n2)cc(F)c1Br. The molecule has 0 saturated heterocycles. The molecule has 1 heterocycles. The Morgan fingerprint density at radius 2 is 0.611 bits per heavy atom. The third-order valence-electron chi connectivity index (χ3n) is 4.07. The predicted molar refractivity (Wildman–Crippen MR) is 122 cm³/mol. The summed E-state index contributed by atoms with van der Waals surface area (Å²) < 4.78 is 97.7. The Morgan fingerprint density at radius 1 is 0.417 bits per heavy atom. The van der Waals surface area contributed by atoms with E-state index in [9.17, 15) is 26.3 Å². The Labute approximate surface area is 222 Å². The summed E-state index contributed by atoms with van der Waals surface area (Å²) in [6, 6.07) is 2.88. The fraction of sp³-hybridized carbons (Fsp3) is 0. The number of hydrogen-bond acceptors (Lipinski definition) is 6. The van der Waals surface area contributed by atoms with Crippen molar-refractivity contribution in [1.29, 1.82) is 0 Å². The first kappa shape index (κ1) is 26.2. The number of aromatic nitrogens is 3. The summed E-state index contributed by atoms with van der Waals surface area (Å²) in [4.78, 5) is 11.3. The van der Waals surface area contributed by atoms with Gasteiger partial charge in [-0.25, -0.2) is 26.3 Å². The molecule has 6 nitrogen and oxygen atoms in total. The van der Waals surface area contributed by atoms with E-state index in [1.807, 2.05) is 0 Å². The molecule has 36 heavy (non-hydrogen) atoms. The van der Waals surface area contributed by atoms with E-state index >= 15 is 0 Å². The van der Waals surface area contributed by atoms with Crippen molar-refractivity contribution in [3.63, 3.8) is 0 Å². The van der Waals surface area contributed by atoms with Gasteiger partial charge in [-0.15, -0.1) is 15.0 Å². The van der Waals surface area contributed by atoms with Gasteiger partial charge >= 0.3 is 18.0 Å². The number of benzene rings is 3. The third-order valence-corrected chi connectivity index (χ3v) is 6.35. The van der Waals surface area contributed by atoms with Gasteiger partial charge < -0.3 is 14.2 Å². The van der Waals surface area contributed by atoms with Crippen molar-refractivity contribution in [2.75, 3.05) is 0 Å². The van der Waals surface area contributed by atoms with Crippen molar-refractivity contribution in [2.45, 2.75) is 0 Å². The van der Waals surface area contributed by atoms with E-state index in [1.54, 1.807) is 0 Å². The van der Waals surface area contributed by atoms with Gasteiger partial charge in [-0.2, -0.15) is 0 Å². The Morgan fingerprint density at radius 3 is 0.806 bits per heavy atom. The topological polar surface area (TPSA) is 66.4 Å². The lowest BCUT2D eigenvalue weighted by Gasteiger charge is -2.11. The summed E-state index contributed by atoms with van der Waals surface area (Å²) >= 11 is 8.14. The molecule has 0 N–H and O–H groups in total.